The van der Waals surface area contributed by atoms with E-state index in [4.69, 9.17) is 21.7 Å². The highest BCUT2D eigenvalue weighted by molar-refractivity contribution is 7.80. The van der Waals surface area contributed by atoms with Crippen LogP contribution < -0.4 is 14.8 Å². The van der Waals surface area contributed by atoms with Crippen LogP contribution in [0.2, 0.25) is 0 Å². The van der Waals surface area contributed by atoms with Gasteiger partial charge in [0.25, 0.3) is 11.8 Å². The van der Waals surface area contributed by atoms with E-state index in [2.05, 4.69) is 5.32 Å². The van der Waals surface area contributed by atoms with E-state index in [0.29, 0.717) is 23.7 Å². The maximum Gasteiger partial charge on any atom is 0.265 e. The molecule has 0 unspecified atom stereocenters. The Bertz CT molecular complexity index is 925. The van der Waals surface area contributed by atoms with E-state index >= 15 is 0 Å². The first kappa shape index (κ1) is 18.6. The van der Waals surface area contributed by atoms with Gasteiger partial charge in [0, 0.05) is 7.05 Å². The standard InChI is InChI=1S/C20H18N2O4S/c1-22-19(24)15(18(23)21-20(22)27)10-14-8-9-16(25-2)17(11-14)26-12-13-6-4-3-5-7-13/h3-11H,12H2,1-2H3,(H,21,23,27)/b15-10+. The van der Waals surface area contributed by atoms with Gasteiger partial charge in [-0.2, -0.15) is 0 Å². The van der Waals surface area contributed by atoms with Crippen LogP contribution in [0.3, 0.4) is 0 Å². The van der Waals surface area contributed by atoms with Crippen LogP contribution in [-0.4, -0.2) is 36.0 Å². The summed E-state index contributed by atoms with van der Waals surface area (Å²) in [6.45, 7) is 0.369. The van der Waals surface area contributed by atoms with Gasteiger partial charge in [-0.3, -0.25) is 19.8 Å². The number of methoxy groups -OCH3 is 1. The summed E-state index contributed by atoms with van der Waals surface area (Å²) in [6.07, 6.45) is 1.50. The highest BCUT2D eigenvalue weighted by atomic mass is 32.1. The Morgan fingerprint density at radius 1 is 1.11 bits per heavy atom. The largest absolute Gasteiger partial charge is 0.493 e. The van der Waals surface area contributed by atoms with Gasteiger partial charge in [0.1, 0.15) is 12.2 Å². The predicted molar refractivity (Wildman–Crippen MR) is 105 cm³/mol. The molecule has 0 saturated carbocycles. The van der Waals surface area contributed by atoms with Gasteiger partial charge in [-0.15, -0.1) is 0 Å². The number of benzene rings is 2. The Morgan fingerprint density at radius 2 is 1.85 bits per heavy atom. The van der Waals surface area contributed by atoms with E-state index in [1.165, 1.54) is 18.0 Å². The lowest BCUT2D eigenvalue weighted by molar-refractivity contribution is -0.128. The highest BCUT2D eigenvalue weighted by Gasteiger charge is 2.30. The Balaban J connectivity index is 1.87. The monoisotopic (exact) mass is 382 g/mol. The zero-order chi connectivity index (χ0) is 19.4. The molecule has 2 amide bonds. The van der Waals surface area contributed by atoms with E-state index in [1.807, 2.05) is 30.3 Å². The molecule has 0 spiro atoms. The van der Waals surface area contributed by atoms with Crippen molar-refractivity contribution in [2.24, 2.45) is 0 Å². The van der Waals surface area contributed by atoms with E-state index in [1.54, 1.807) is 25.3 Å². The third-order valence-corrected chi connectivity index (χ3v) is 4.42. The minimum Gasteiger partial charge on any atom is -0.493 e. The first-order valence-electron chi connectivity index (χ1n) is 8.19. The highest BCUT2D eigenvalue weighted by Crippen LogP contribution is 2.30. The molecule has 3 rings (SSSR count). The minimum atomic E-state index is -0.523. The van der Waals surface area contributed by atoms with Crippen LogP contribution in [0.15, 0.2) is 54.1 Å². The van der Waals surface area contributed by atoms with Crippen molar-refractivity contribution in [2.75, 3.05) is 14.2 Å². The van der Waals surface area contributed by atoms with Crippen LogP contribution >= 0.6 is 12.2 Å². The fraction of sp³-hybridized carbons (Fsp3) is 0.150. The van der Waals surface area contributed by atoms with Crippen molar-refractivity contribution in [3.05, 3.63) is 65.2 Å². The molecule has 1 aliphatic heterocycles. The molecule has 6 nitrogen and oxygen atoms in total. The average Bonchev–Trinajstić information content (AvgIpc) is 2.69. The second kappa shape index (κ2) is 8.01. The normalized spacial score (nSPS) is 15.7. The summed E-state index contributed by atoms with van der Waals surface area (Å²) >= 11 is 4.94. The second-order valence-electron chi connectivity index (χ2n) is 5.87. The molecule has 27 heavy (non-hydrogen) atoms. The van der Waals surface area contributed by atoms with Crippen molar-refractivity contribution < 1.29 is 19.1 Å². The summed E-state index contributed by atoms with van der Waals surface area (Å²) in [5.74, 6) is 0.103. The Kier molecular flexibility index (Phi) is 5.52. The molecule has 0 radical (unpaired) electrons. The molecular formula is C20H18N2O4S. The molecule has 1 fully saturated rings. The molecule has 0 bridgehead atoms. The molecule has 0 atom stereocenters. The van der Waals surface area contributed by atoms with E-state index in [0.717, 1.165) is 5.56 Å². The molecule has 1 aliphatic rings. The van der Waals surface area contributed by atoms with E-state index in [-0.39, 0.29) is 10.7 Å². The lowest BCUT2D eigenvalue weighted by Gasteiger charge is -2.25. The number of hydrogen-bond donors (Lipinski definition) is 1. The molecule has 2 aromatic carbocycles. The number of amides is 2. The fourth-order valence-corrected chi connectivity index (χ4v) is 2.72. The first-order chi connectivity index (χ1) is 13.0. The van der Waals surface area contributed by atoms with Gasteiger partial charge >= 0.3 is 0 Å². The molecule has 0 aliphatic carbocycles. The zero-order valence-corrected chi connectivity index (χ0v) is 15.7. The van der Waals surface area contributed by atoms with Crippen LogP contribution in [0, 0.1) is 0 Å². The summed E-state index contributed by atoms with van der Waals surface area (Å²) < 4.78 is 11.2. The van der Waals surface area contributed by atoms with Crippen molar-refractivity contribution in [2.45, 2.75) is 6.61 Å². The van der Waals surface area contributed by atoms with E-state index < -0.39 is 11.8 Å². The summed E-state index contributed by atoms with van der Waals surface area (Å²) in [5, 5.41) is 2.57. The van der Waals surface area contributed by atoms with E-state index in [9.17, 15) is 9.59 Å². The lowest BCUT2D eigenvalue weighted by Crippen LogP contribution is -2.52. The number of nitrogens with one attached hydrogen (secondary N) is 1. The SMILES string of the molecule is COc1ccc(/C=C2\C(=O)NC(=S)N(C)C2=O)cc1OCc1ccccc1. The molecule has 1 saturated heterocycles. The number of carbonyl (C=O) groups is 2. The lowest BCUT2D eigenvalue weighted by atomic mass is 10.1. The van der Waals surface area contributed by atoms with Crippen LogP contribution in [-0.2, 0) is 16.2 Å². The molecule has 0 aromatic heterocycles. The summed E-state index contributed by atoms with van der Waals surface area (Å²) in [7, 11) is 3.07. The number of likely N-dealkylation sites (N-methyl/N-ethyl adjacent to an activating group) is 1. The molecule has 1 heterocycles. The fourth-order valence-electron chi connectivity index (χ4n) is 2.54. The predicted octanol–water partition coefficient (Wildman–Crippen LogP) is 2.53. The van der Waals surface area contributed by atoms with Crippen molar-refractivity contribution >= 4 is 35.2 Å². The second-order valence-corrected chi connectivity index (χ2v) is 6.25. The Labute approximate surface area is 162 Å². The van der Waals surface area contributed by atoms with Crippen LogP contribution in [0.4, 0.5) is 0 Å². The average molecular weight is 382 g/mol. The van der Waals surface area contributed by atoms with Crippen LogP contribution in [0.25, 0.3) is 6.08 Å². The number of thiocarbonyl (C=S) groups is 1. The van der Waals surface area contributed by atoms with Crippen LogP contribution in [0.5, 0.6) is 11.5 Å². The summed E-state index contributed by atoms with van der Waals surface area (Å²) in [4.78, 5) is 25.7. The third kappa shape index (κ3) is 4.15. The van der Waals surface area contributed by atoms with Gasteiger partial charge in [-0.25, -0.2) is 0 Å². The number of ether oxygens (including phenoxy) is 2. The maximum atomic E-state index is 12.3. The molecule has 138 valence electrons. The first-order valence-corrected chi connectivity index (χ1v) is 8.60. The smallest absolute Gasteiger partial charge is 0.265 e. The van der Waals surface area contributed by atoms with Crippen molar-refractivity contribution in [1.29, 1.82) is 0 Å². The number of carbonyl (C=O) groups excluding carboxylic acids is 2. The summed E-state index contributed by atoms with van der Waals surface area (Å²) in [6, 6.07) is 14.9. The number of rotatable bonds is 5. The van der Waals surface area contributed by atoms with Gasteiger partial charge < -0.3 is 9.47 Å². The van der Waals surface area contributed by atoms with Crippen molar-refractivity contribution in [3.8, 4) is 11.5 Å². The molecule has 1 N–H and O–H groups in total. The van der Waals surface area contributed by atoms with Gasteiger partial charge in [0.2, 0.25) is 0 Å². The quantitative estimate of drug-likeness (QED) is 0.489. The zero-order valence-electron chi connectivity index (χ0n) is 14.9. The molecule has 2 aromatic rings. The van der Waals surface area contributed by atoms with Crippen LogP contribution in [0.1, 0.15) is 11.1 Å². The molecular weight excluding hydrogens is 364 g/mol. The van der Waals surface area contributed by atoms with Crippen molar-refractivity contribution in [1.82, 2.24) is 10.2 Å². The Hall–Kier alpha value is -3.19. The topological polar surface area (TPSA) is 67.9 Å². The number of hydrogen-bond acceptors (Lipinski definition) is 5. The minimum absolute atomic E-state index is 0.00489. The third-order valence-electron chi connectivity index (χ3n) is 4.04. The van der Waals surface area contributed by atoms with Gasteiger partial charge in [-0.05, 0) is 41.6 Å². The molecule has 7 heteroatoms. The van der Waals surface area contributed by atoms with Gasteiger partial charge in [0.05, 0.1) is 7.11 Å². The number of nitrogens with zero attached hydrogens (tertiary/aromatic N) is 1. The van der Waals surface area contributed by atoms with Gasteiger partial charge in [-0.1, -0.05) is 36.4 Å². The van der Waals surface area contributed by atoms with Gasteiger partial charge in [0.15, 0.2) is 16.6 Å². The van der Waals surface area contributed by atoms with Crippen molar-refractivity contribution in [3.63, 3.8) is 0 Å². The summed E-state index contributed by atoms with van der Waals surface area (Å²) in [5.41, 5.74) is 1.66. The Morgan fingerprint density at radius 3 is 2.56 bits per heavy atom. The maximum absolute atomic E-state index is 12.3.